The van der Waals surface area contributed by atoms with Gasteiger partial charge in [0.2, 0.25) is 0 Å². The largest absolute Gasteiger partial charge is 0.395 e. The van der Waals surface area contributed by atoms with Crippen LogP contribution in [-0.2, 0) is 19.4 Å². The number of benzene rings is 1. The topological polar surface area (TPSA) is 62.1 Å². The lowest BCUT2D eigenvalue weighted by Gasteiger charge is -2.23. The van der Waals surface area contributed by atoms with Gasteiger partial charge in [-0.2, -0.15) is 0 Å². The number of fused-ring (bicyclic) bond motifs is 5. The van der Waals surface area contributed by atoms with Gasteiger partial charge in [0, 0.05) is 24.2 Å². The van der Waals surface area contributed by atoms with Crippen LogP contribution in [0.5, 0.6) is 0 Å². The maximum atomic E-state index is 9.72. The van der Waals surface area contributed by atoms with Crippen molar-refractivity contribution in [1.82, 2.24) is 15.0 Å². The van der Waals surface area contributed by atoms with E-state index in [4.69, 9.17) is 9.97 Å². The summed E-state index contributed by atoms with van der Waals surface area (Å²) in [6.45, 7) is 5.76. The van der Waals surface area contributed by atoms with Gasteiger partial charge in [-0.05, 0) is 41.9 Å². The molecular formula is C24H26N4OS. The van der Waals surface area contributed by atoms with Gasteiger partial charge in [-0.1, -0.05) is 44.2 Å². The van der Waals surface area contributed by atoms with Crippen LogP contribution in [0.2, 0.25) is 0 Å². The molecule has 154 valence electrons. The van der Waals surface area contributed by atoms with E-state index < -0.39 is 0 Å². The zero-order valence-electron chi connectivity index (χ0n) is 17.4. The Hall–Kier alpha value is -2.57. The van der Waals surface area contributed by atoms with Gasteiger partial charge in [-0.15, -0.1) is 11.3 Å². The third kappa shape index (κ3) is 3.24. The Labute approximate surface area is 180 Å². The Morgan fingerprint density at radius 2 is 1.90 bits per heavy atom. The van der Waals surface area contributed by atoms with Crippen molar-refractivity contribution in [2.75, 3.05) is 18.1 Å². The molecule has 30 heavy (non-hydrogen) atoms. The number of nitrogens with zero attached hydrogens (tertiary/aromatic N) is 4. The van der Waals surface area contributed by atoms with E-state index >= 15 is 0 Å². The van der Waals surface area contributed by atoms with E-state index in [2.05, 4.69) is 35.9 Å². The first kappa shape index (κ1) is 19.4. The van der Waals surface area contributed by atoms with Gasteiger partial charge in [0.05, 0.1) is 16.8 Å². The van der Waals surface area contributed by atoms with E-state index in [1.54, 1.807) is 17.7 Å². The molecule has 3 heterocycles. The van der Waals surface area contributed by atoms with E-state index in [1.165, 1.54) is 34.2 Å². The SMILES string of the molecule is CC(C)c1nc2sc3c(N(CCO)Cc4ccccc4)ncnc3c2c2c1CCC2. The third-order valence-electron chi connectivity index (χ3n) is 5.92. The van der Waals surface area contributed by atoms with E-state index in [0.29, 0.717) is 19.0 Å². The number of anilines is 1. The summed E-state index contributed by atoms with van der Waals surface area (Å²) in [5.41, 5.74) is 6.33. The highest BCUT2D eigenvalue weighted by atomic mass is 32.1. The van der Waals surface area contributed by atoms with Crippen LogP contribution >= 0.6 is 11.3 Å². The molecule has 0 unspecified atom stereocenters. The number of thiophene rings is 1. The summed E-state index contributed by atoms with van der Waals surface area (Å²) in [4.78, 5) is 17.7. The molecular weight excluding hydrogens is 392 g/mol. The quantitative estimate of drug-likeness (QED) is 0.485. The lowest BCUT2D eigenvalue weighted by molar-refractivity contribution is 0.301. The van der Waals surface area contributed by atoms with Crippen LogP contribution in [0.15, 0.2) is 36.7 Å². The zero-order valence-corrected chi connectivity index (χ0v) is 18.2. The molecule has 1 aromatic carbocycles. The van der Waals surface area contributed by atoms with Crippen LogP contribution in [0.1, 0.15) is 48.6 Å². The van der Waals surface area contributed by atoms with Gasteiger partial charge in [0.1, 0.15) is 11.2 Å². The van der Waals surface area contributed by atoms with Crippen molar-refractivity contribution >= 4 is 37.6 Å². The highest BCUT2D eigenvalue weighted by molar-refractivity contribution is 7.26. The molecule has 0 amide bonds. The van der Waals surface area contributed by atoms with E-state index in [9.17, 15) is 5.11 Å². The molecule has 5 nitrogen and oxygen atoms in total. The molecule has 0 atom stereocenters. The van der Waals surface area contributed by atoms with Gasteiger partial charge in [0.15, 0.2) is 5.82 Å². The molecule has 6 heteroatoms. The summed E-state index contributed by atoms with van der Waals surface area (Å²) >= 11 is 1.69. The van der Waals surface area contributed by atoms with Gasteiger partial charge in [0.25, 0.3) is 0 Å². The second kappa shape index (κ2) is 7.93. The number of pyridine rings is 1. The average molecular weight is 419 g/mol. The molecule has 1 N–H and O–H groups in total. The fraction of sp³-hybridized carbons (Fsp3) is 0.375. The standard InChI is InChI=1S/C24H26N4OS/c1-15(2)20-18-10-6-9-17(18)19-21-22(30-24(19)27-20)23(26-14-25-21)28(11-12-29)13-16-7-4-3-5-8-16/h3-5,7-8,14-15,29H,6,9-13H2,1-2H3. The smallest absolute Gasteiger partial charge is 0.150 e. The second-order valence-corrected chi connectivity index (χ2v) is 9.25. The van der Waals surface area contributed by atoms with E-state index in [0.717, 1.165) is 33.7 Å². The van der Waals surface area contributed by atoms with Crippen molar-refractivity contribution in [3.63, 3.8) is 0 Å². The van der Waals surface area contributed by atoms with Crippen LogP contribution in [0.3, 0.4) is 0 Å². The van der Waals surface area contributed by atoms with Crippen molar-refractivity contribution in [3.8, 4) is 0 Å². The molecule has 0 bridgehead atoms. The Bertz CT molecular complexity index is 1200. The fourth-order valence-corrected chi connectivity index (χ4v) is 5.79. The summed E-state index contributed by atoms with van der Waals surface area (Å²) in [6, 6.07) is 10.3. The second-order valence-electron chi connectivity index (χ2n) is 8.25. The zero-order chi connectivity index (χ0) is 20.7. The number of aliphatic hydroxyl groups excluding tert-OH is 1. The maximum absolute atomic E-state index is 9.72. The van der Waals surface area contributed by atoms with E-state index in [-0.39, 0.29) is 6.61 Å². The summed E-state index contributed by atoms with van der Waals surface area (Å²) in [7, 11) is 0. The van der Waals surface area contributed by atoms with Crippen LogP contribution in [0.4, 0.5) is 5.82 Å². The Morgan fingerprint density at radius 1 is 1.10 bits per heavy atom. The van der Waals surface area contributed by atoms with Gasteiger partial charge >= 0.3 is 0 Å². The monoisotopic (exact) mass is 418 g/mol. The molecule has 4 aromatic rings. The Kier molecular flexibility index (Phi) is 5.13. The predicted molar refractivity (Wildman–Crippen MR) is 123 cm³/mol. The first-order chi connectivity index (χ1) is 14.7. The fourth-order valence-electron chi connectivity index (χ4n) is 4.60. The van der Waals surface area contributed by atoms with Crippen molar-refractivity contribution in [3.05, 3.63) is 59.0 Å². The van der Waals surface area contributed by atoms with Gasteiger partial charge < -0.3 is 10.0 Å². The number of aliphatic hydroxyl groups is 1. The lowest BCUT2D eigenvalue weighted by atomic mass is 9.99. The van der Waals surface area contributed by atoms with Crippen molar-refractivity contribution in [2.24, 2.45) is 0 Å². The van der Waals surface area contributed by atoms with Crippen LogP contribution < -0.4 is 4.90 Å². The maximum Gasteiger partial charge on any atom is 0.150 e. The normalized spacial score (nSPS) is 13.5. The van der Waals surface area contributed by atoms with Crippen molar-refractivity contribution < 1.29 is 5.11 Å². The third-order valence-corrected chi connectivity index (χ3v) is 6.99. The number of hydrogen-bond donors (Lipinski definition) is 1. The van der Waals surface area contributed by atoms with Gasteiger partial charge in [-0.3, -0.25) is 0 Å². The van der Waals surface area contributed by atoms with Crippen LogP contribution in [0, 0.1) is 0 Å². The molecule has 5 rings (SSSR count). The van der Waals surface area contributed by atoms with Gasteiger partial charge in [-0.25, -0.2) is 15.0 Å². The number of aromatic nitrogens is 3. The molecule has 0 aliphatic heterocycles. The molecule has 0 saturated heterocycles. The highest BCUT2D eigenvalue weighted by Gasteiger charge is 2.26. The number of hydrogen-bond acceptors (Lipinski definition) is 6. The molecule has 0 fully saturated rings. The van der Waals surface area contributed by atoms with E-state index in [1.807, 2.05) is 18.2 Å². The minimum Gasteiger partial charge on any atom is -0.395 e. The lowest BCUT2D eigenvalue weighted by Crippen LogP contribution is -2.27. The summed E-state index contributed by atoms with van der Waals surface area (Å²) in [5, 5.41) is 10.9. The Balaban J connectivity index is 1.70. The molecule has 0 saturated carbocycles. The molecule has 1 aliphatic rings. The number of aryl methyl sites for hydroxylation is 1. The molecule has 3 aromatic heterocycles. The summed E-state index contributed by atoms with van der Waals surface area (Å²) in [6.07, 6.45) is 5.07. The minimum absolute atomic E-state index is 0.0777. The number of rotatable bonds is 6. The predicted octanol–water partition coefficient (Wildman–Crippen LogP) is 4.85. The van der Waals surface area contributed by atoms with Crippen molar-refractivity contribution in [2.45, 2.75) is 45.6 Å². The summed E-state index contributed by atoms with van der Waals surface area (Å²) < 4.78 is 1.07. The summed E-state index contributed by atoms with van der Waals surface area (Å²) in [5.74, 6) is 1.31. The Morgan fingerprint density at radius 3 is 2.67 bits per heavy atom. The average Bonchev–Trinajstić information content (AvgIpc) is 3.37. The first-order valence-corrected chi connectivity index (χ1v) is 11.5. The molecule has 0 spiro atoms. The first-order valence-electron chi connectivity index (χ1n) is 10.7. The van der Waals surface area contributed by atoms with Crippen molar-refractivity contribution in [1.29, 1.82) is 0 Å². The molecule has 0 radical (unpaired) electrons. The molecule has 1 aliphatic carbocycles. The van der Waals surface area contributed by atoms with Crippen LogP contribution in [0.25, 0.3) is 20.4 Å². The van der Waals surface area contributed by atoms with Crippen LogP contribution in [-0.4, -0.2) is 33.2 Å². The minimum atomic E-state index is 0.0777. The highest BCUT2D eigenvalue weighted by Crippen LogP contribution is 2.43.